The number of aliphatic hydroxyl groups is 1. The molecule has 1 heterocycles. The first-order chi connectivity index (χ1) is 13.6. The Morgan fingerprint density at radius 1 is 1.14 bits per heavy atom. The van der Waals surface area contributed by atoms with Crippen molar-refractivity contribution in [3.05, 3.63) is 65.6 Å². The average molecular weight is 386 g/mol. The third-order valence-corrected chi connectivity index (χ3v) is 5.34. The van der Waals surface area contributed by atoms with Gasteiger partial charge in [-0.05, 0) is 61.5 Å². The average Bonchev–Trinajstić information content (AvgIpc) is 3.12. The first-order valence-corrected chi connectivity index (χ1v) is 9.35. The number of hydrogen-bond acceptors (Lipinski definition) is 3. The summed E-state index contributed by atoms with van der Waals surface area (Å²) in [4.78, 5) is 4.61. The van der Waals surface area contributed by atoms with Gasteiger partial charge in [0.1, 0.15) is 26.0 Å². The lowest BCUT2D eigenvalue weighted by Gasteiger charge is -2.49. The fourth-order valence-electron chi connectivity index (χ4n) is 3.22. The molecule has 1 aromatic heterocycles. The highest BCUT2D eigenvalue weighted by molar-refractivity contribution is 6.45. The minimum absolute atomic E-state index is 0.101. The number of H-pyrrole nitrogens is 1. The molecular formula is C21H22B3FN2O2. The summed E-state index contributed by atoms with van der Waals surface area (Å²) in [5.41, 5.74) is -0.0675. The van der Waals surface area contributed by atoms with Crippen molar-refractivity contribution in [1.82, 2.24) is 9.88 Å². The number of likely N-dealkylation sites (N-methyl/N-ethyl adjacent to an activating group) is 1. The van der Waals surface area contributed by atoms with E-state index in [2.05, 4.69) is 4.98 Å². The Kier molecular flexibility index (Phi) is 5.88. The Hall–Kier alpha value is -2.18. The van der Waals surface area contributed by atoms with E-state index in [4.69, 9.17) is 28.3 Å². The van der Waals surface area contributed by atoms with Gasteiger partial charge in [-0.2, -0.15) is 0 Å². The second-order valence-corrected chi connectivity index (χ2v) is 7.60. The third kappa shape index (κ3) is 3.96. The van der Waals surface area contributed by atoms with Crippen LogP contribution in [0.25, 0.3) is 10.9 Å². The van der Waals surface area contributed by atoms with Crippen molar-refractivity contribution in [2.24, 2.45) is 0 Å². The van der Waals surface area contributed by atoms with Crippen LogP contribution in [-0.4, -0.2) is 57.2 Å². The van der Waals surface area contributed by atoms with Gasteiger partial charge in [-0.15, -0.1) is 0 Å². The Morgan fingerprint density at radius 3 is 2.41 bits per heavy atom. The maximum atomic E-state index is 13.1. The van der Waals surface area contributed by atoms with Gasteiger partial charge >= 0.3 is 0 Å². The molecule has 0 aliphatic rings. The molecule has 2 aromatic carbocycles. The van der Waals surface area contributed by atoms with Crippen LogP contribution in [-0.2, 0) is 11.8 Å². The van der Waals surface area contributed by atoms with E-state index < -0.39 is 10.8 Å². The van der Waals surface area contributed by atoms with E-state index in [1.807, 2.05) is 26.0 Å². The number of benzene rings is 2. The first kappa shape index (κ1) is 21.5. The minimum Gasteiger partial charge on any atom is -0.488 e. The van der Waals surface area contributed by atoms with Crippen LogP contribution in [0.2, 0.25) is 0 Å². The van der Waals surface area contributed by atoms with E-state index in [0.29, 0.717) is 16.7 Å². The van der Waals surface area contributed by atoms with Crippen LogP contribution in [0.3, 0.4) is 0 Å². The highest BCUT2D eigenvalue weighted by Crippen LogP contribution is 2.39. The number of rotatable bonds is 7. The molecule has 6 radical (unpaired) electrons. The van der Waals surface area contributed by atoms with Gasteiger partial charge < -0.3 is 14.8 Å². The SMILES string of the molecule is [B]C([B])(c1c[nH]c2cccc(OCc3ccc(F)cc3)c12)C([B])(O)N(C)C(C)C. The second-order valence-electron chi connectivity index (χ2n) is 7.60. The van der Waals surface area contributed by atoms with Crippen LogP contribution in [0.1, 0.15) is 25.0 Å². The number of nitrogens with one attached hydrogen (secondary N) is 1. The number of aromatic amines is 1. The molecule has 0 bridgehead atoms. The summed E-state index contributed by atoms with van der Waals surface area (Å²) < 4.78 is 19.1. The molecule has 29 heavy (non-hydrogen) atoms. The predicted molar refractivity (Wildman–Crippen MR) is 116 cm³/mol. The lowest BCUT2D eigenvalue weighted by atomic mass is 9.41. The van der Waals surface area contributed by atoms with Crippen LogP contribution >= 0.6 is 0 Å². The van der Waals surface area contributed by atoms with E-state index in [1.54, 1.807) is 31.4 Å². The van der Waals surface area contributed by atoms with Crippen LogP contribution < -0.4 is 4.74 Å². The lowest BCUT2D eigenvalue weighted by Crippen LogP contribution is -2.64. The summed E-state index contributed by atoms with van der Waals surface area (Å²) in [6, 6.07) is 11.4. The van der Waals surface area contributed by atoms with Gasteiger partial charge in [-0.1, -0.05) is 18.2 Å². The van der Waals surface area contributed by atoms with Crippen LogP contribution in [0.15, 0.2) is 48.7 Å². The van der Waals surface area contributed by atoms with E-state index in [9.17, 15) is 9.50 Å². The molecule has 0 fully saturated rings. The molecule has 8 heteroatoms. The summed E-state index contributed by atoms with van der Waals surface area (Å²) >= 11 is 0. The first-order valence-electron chi connectivity index (χ1n) is 9.35. The van der Waals surface area contributed by atoms with Gasteiger partial charge in [-0.25, -0.2) is 4.39 Å². The smallest absolute Gasteiger partial charge is 0.134 e. The number of fused-ring (bicyclic) bond motifs is 1. The molecular weight excluding hydrogens is 364 g/mol. The monoisotopic (exact) mass is 386 g/mol. The number of hydrogen-bond donors (Lipinski definition) is 2. The summed E-state index contributed by atoms with van der Waals surface area (Å²) in [6.07, 6.45) is 1.63. The maximum absolute atomic E-state index is 13.1. The van der Waals surface area contributed by atoms with E-state index in [-0.39, 0.29) is 18.5 Å². The minimum atomic E-state index is -2.03. The molecule has 1 unspecified atom stereocenters. The molecule has 0 saturated heterocycles. The quantitative estimate of drug-likeness (QED) is 0.485. The lowest BCUT2D eigenvalue weighted by molar-refractivity contribution is -0.0521. The molecule has 2 N–H and O–H groups in total. The zero-order valence-electron chi connectivity index (χ0n) is 16.8. The van der Waals surface area contributed by atoms with E-state index >= 15 is 0 Å². The summed E-state index contributed by atoms with van der Waals surface area (Å²) in [6.45, 7) is 3.98. The molecule has 4 nitrogen and oxygen atoms in total. The van der Waals surface area contributed by atoms with Crippen molar-refractivity contribution in [3.63, 3.8) is 0 Å². The topological polar surface area (TPSA) is 48.5 Å². The molecule has 0 spiro atoms. The van der Waals surface area contributed by atoms with Crippen molar-refractivity contribution < 1.29 is 14.2 Å². The van der Waals surface area contributed by atoms with Gasteiger partial charge in [0.2, 0.25) is 0 Å². The highest BCUT2D eigenvalue weighted by atomic mass is 19.1. The van der Waals surface area contributed by atoms with Crippen molar-refractivity contribution in [2.75, 3.05) is 7.05 Å². The molecule has 1 atom stereocenters. The molecule has 3 rings (SSSR count). The van der Waals surface area contributed by atoms with Gasteiger partial charge in [0, 0.05) is 23.1 Å². The Morgan fingerprint density at radius 2 is 1.79 bits per heavy atom. The van der Waals surface area contributed by atoms with Crippen molar-refractivity contribution in [2.45, 2.75) is 37.3 Å². The van der Waals surface area contributed by atoms with Crippen LogP contribution in [0.4, 0.5) is 4.39 Å². The van der Waals surface area contributed by atoms with E-state index in [1.165, 1.54) is 17.0 Å². The zero-order chi connectivity index (χ0) is 21.4. The summed E-state index contributed by atoms with van der Waals surface area (Å²) in [5.74, 6) is 0.211. The standard InChI is InChI=1S/C21H22B3FN2O2/c1-13(2)27(3)21(24,28)20(22,23)16-11-26-17-5-4-6-18(19(16)17)29-12-14-7-9-15(25)10-8-14/h4-11,13,26,28H,12H2,1-3H3. The van der Waals surface area contributed by atoms with E-state index in [0.717, 1.165) is 11.1 Å². The molecule has 0 aliphatic carbocycles. The number of halogens is 1. The number of ether oxygens (including phenoxy) is 1. The zero-order valence-corrected chi connectivity index (χ0v) is 16.8. The molecule has 0 amide bonds. The van der Waals surface area contributed by atoms with Crippen molar-refractivity contribution in [1.29, 1.82) is 0 Å². The predicted octanol–water partition coefficient (Wildman–Crippen LogP) is 2.53. The Labute approximate surface area is 174 Å². The normalized spacial score (nSPS) is 14.4. The Bertz CT molecular complexity index is 987. The fraction of sp³-hybridized carbons (Fsp3) is 0.333. The van der Waals surface area contributed by atoms with Gasteiger partial charge in [0.25, 0.3) is 0 Å². The summed E-state index contributed by atoms with van der Waals surface area (Å²) in [7, 11) is 20.6. The molecule has 0 saturated carbocycles. The molecule has 144 valence electrons. The largest absolute Gasteiger partial charge is 0.488 e. The number of aromatic nitrogens is 1. The molecule has 3 aromatic rings. The van der Waals surface area contributed by atoms with Crippen LogP contribution in [0, 0.1) is 5.82 Å². The third-order valence-electron chi connectivity index (χ3n) is 5.34. The van der Waals surface area contributed by atoms with Gasteiger partial charge in [0.15, 0.2) is 0 Å². The van der Waals surface area contributed by atoms with Crippen LogP contribution in [0.5, 0.6) is 5.75 Å². The summed E-state index contributed by atoms with van der Waals surface area (Å²) in [5, 5.41) is 9.82. The highest BCUT2D eigenvalue weighted by Gasteiger charge is 2.44. The number of nitrogens with zero attached hydrogens (tertiary/aromatic N) is 1. The molecule has 0 aliphatic heterocycles. The maximum Gasteiger partial charge on any atom is 0.134 e. The van der Waals surface area contributed by atoms with Gasteiger partial charge in [-0.3, -0.25) is 4.90 Å². The Balaban J connectivity index is 2.00. The fourth-order valence-corrected chi connectivity index (χ4v) is 3.22. The van der Waals surface area contributed by atoms with Crippen molar-refractivity contribution >= 4 is 34.4 Å². The van der Waals surface area contributed by atoms with Gasteiger partial charge in [0.05, 0.1) is 21.3 Å². The van der Waals surface area contributed by atoms with Crippen molar-refractivity contribution in [3.8, 4) is 5.75 Å². The second kappa shape index (κ2) is 7.92.